The van der Waals surface area contributed by atoms with E-state index < -0.39 is 0 Å². The Morgan fingerprint density at radius 3 is 2.78 bits per heavy atom. The highest BCUT2D eigenvalue weighted by atomic mass is 16.2. The number of hydrogen-bond acceptors (Lipinski definition) is 4. The summed E-state index contributed by atoms with van der Waals surface area (Å²) in [6.07, 6.45) is 2.65. The normalized spacial score (nSPS) is 14.6. The molecule has 1 amide bonds. The number of aromatic nitrogens is 1. The van der Waals surface area contributed by atoms with Gasteiger partial charge in [0, 0.05) is 57.2 Å². The van der Waals surface area contributed by atoms with E-state index in [4.69, 9.17) is 0 Å². The maximum Gasteiger partial charge on any atom is 0.239 e. The fourth-order valence-electron chi connectivity index (χ4n) is 2.94. The molecule has 0 unspecified atom stereocenters. The van der Waals surface area contributed by atoms with E-state index in [0.29, 0.717) is 19.6 Å². The van der Waals surface area contributed by atoms with Crippen molar-refractivity contribution < 1.29 is 4.79 Å². The first kappa shape index (κ1) is 18.7. The number of amides is 1. The summed E-state index contributed by atoms with van der Waals surface area (Å²) in [5, 5.41) is 9.47. The first-order valence-electron chi connectivity index (χ1n) is 9.19. The molecule has 0 aliphatic carbocycles. The van der Waals surface area contributed by atoms with Gasteiger partial charge in [-0.2, -0.15) is 0 Å². The Labute approximate surface area is 159 Å². The van der Waals surface area contributed by atoms with Crippen LogP contribution in [0.5, 0.6) is 0 Å². The van der Waals surface area contributed by atoms with Crippen molar-refractivity contribution in [3.8, 4) is 0 Å². The van der Waals surface area contributed by atoms with Crippen molar-refractivity contribution in [1.29, 1.82) is 0 Å². The largest absolute Gasteiger partial charge is 0.360 e. The number of piperazine rings is 1. The first-order valence-corrected chi connectivity index (χ1v) is 9.19. The van der Waals surface area contributed by atoms with Crippen LogP contribution < -0.4 is 20.9 Å². The Kier molecular flexibility index (Phi) is 6.62. The fraction of sp³-hybridized carbons (Fsp3) is 0.350. The Bertz CT molecular complexity index is 760. The average molecular weight is 366 g/mol. The van der Waals surface area contributed by atoms with Crippen LogP contribution in [0.4, 0.5) is 5.69 Å². The third-order valence-electron chi connectivity index (χ3n) is 4.42. The van der Waals surface area contributed by atoms with Gasteiger partial charge in [0.2, 0.25) is 5.91 Å². The summed E-state index contributed by atoms with van der Waals surface area (Å²) in [5.74, 6) is 0.843. The predicted molar refractivity (Wildman–Crippen MR) is 108 cm³/mol. The molecular weight excluding hydrogens is 340 g/mol. The molecule has 0 bridgehead atoms. The second kappa shape index (κ2) is 9.56. The number of benzene rings is 1. The lowest BCUT2D eigenvalue weighted by Gasteiger charge is -2.28. The molecule has 1 fully saturated rings. The second-order valence-corrected chi connectivity index (χ2v) is 6.36. The van der Waals surface area contributed by atoms with E-state index in [9.17, 15) is 4.79 Å². The van der Waals surface area contributed by atoms with E-state index in [1.54, 1.807) is 7.05 Å². The predicted octanol–water partition coefficient (Wildman–Crippen LogP) is 0.926. The highest BCUT2D eigenvalue weighted by Crippen LogP contribution is 2.16. The van der Waals surface area contributed by atoms with Crippen molar-refractivity contribution in [3.63, 3.8) is 0 Å². The third kappa shape index (κ3) is 5.70. The average Bonchev–Trinajstić information content (AvgIpc) is 2.72. The van der Waals surface area contributed by atoms with Crippen LogP contribution in [0.3, 0.4) is 0 Å². The number of guanidine groups is 1. The lowest BCUT2D eigenvalue weighted by molar-refractivity contribution is -0.120. The maximum absolute atomic E-state index is 11.5. The molecule has 1 saturated heterocycles. The Balaban J connectivity index is 1.44. The van der Waals surface area contributed by atoms with Gasteiger partial charge in [-0.1, -0.05) is 18.2 Å². The van der Waals surface area contributed by atoms with Gasteiger partial charge in [-0.05, 0) is 29.8 Å². The van der Waals surface area contributed by atoms with Crippen molar-refractivity contribution in [2.75, 3.05) is 38.1 Å². The fourth-order valence-corrected chi connectivity index (χ4v) is 2.94. The minimum Gasteiger partial charge on any atom is -0.360 e. The van der Waals surface area contributed by atoms with E-state index in [-0.39, 0.29) is 5.91 Å². The molecule has 27 heavy (non-hydrogen) atoms. The minimum atomic E-state index is 0.0765. The van der Waals surface area contributed by atoms with E-state index in [0.717, 1.165) is 42.4 Å². The molecule has 1 aliphatic heterocycles. The summed E-state index contributed by atoms with van der Waals surface area (Å²) < 4.78 is 0. The molecule has 2 aromatic rings. The molecule has 3 rings (SSSR count). The van der Waals surface area contributed by atoms with E-state index in [1.807, 2.05) is 24.4 Å². The number of hydrogen-bond donors (Lipinski definition) is 3. The number of aliphatic imine (C=N–C) groups is 1. The van der Waals surface area contributed by atoms with Crippen molar-refractivity contribution in [3.05, 3.63) is 59.9 Å². The Morgan fingerprint density at radius 2 is 2.07 bits per heavy atom. The van der Waals surface area contributed by atoms with Crippen LogP contribution in [0.1, 0.15) is 11.3 Å². The number of anilines is 1. The molecule has 3 N–H and O–H groups in total. The number of nitrogens with zero attached hydrogens (tertiary/aromatic N) is 3. The van der Waals surface area contributed by atoms with E-state index in [2.05, 4.69) is 55.1 Å². The summed E-state index contributed by atoms with van der Waals surface area (Å²) in [6, 6.07) is 14.2. The number of pyridine rings is 1. The van der Waals surface area contributed by atoms with Gasteiger partial charge in [0.15, 0.2) is 5.96 Å². The number of carbonyl (C=O) groups is 1. The highest BCUT2D eigenvalue weighted by Gasteiger charge is 2.16. The number of rotatable bonds is 6. The van der Waals surface area contributed by atoms with Gasteiger partial charge < -0.3 is 20.9 Å². The molecule has 7 nitrogen and oxygen atoms in total. The lowest BCUT2D eigenvalue weighted by atomic mass is 10.2. The van der Waals surface area contributed by atoms with Gasteiger partial charge in [-0.3, -0.25) is 14.8 Å². The highest BCUT2D eigenvalue weighted by molar-refractivity contribution is 5.82. The number of nitrogens with one attached hydrogen (secondary N) is 3. The van der Waals surface area contributed by atoms with Gasteiger partial charge in [0.05, 0.1) is 6.54 Å². The van der Waals surface area contributed by atoms with Gasteiger partial charge in [0.1, 0.15) is 0 Å². The Hall–Kier alpha value is -3.09. The molecule has 1 aliphatic rings. The summed E-state index contributed by atoms with van der Waals surface area (Å²) in [6.45, 7) is 3.42. The zero-order valence-electron chi connectivity index (χ0n) is 15.6. The standard InChI is InChI=1S/C20H26N6O/c1-21-20(24-11-9-17-4-2-3-10-22-17)25-14-16-5-7-18(8-6-16)26-13-12-23-19(27)15-26/h2-8,10H,9,11-15H2,1H3,(H,23,27)(H2,21,24,25). The monoisotopic (exact) mass is 366 g/mol. The first-order chi connectivity index (χ1) is 13.2. The van der Waals surface area contributed by atoms with Crippen LogP contribution in [0.25, 0.3) is 0 Å². The molecule has 7 heteroatoms. The second-order valence-electron chi connectivity index (χ2n) is 6.36. The van der Waals surface area contributed by atoms with Crippen LogP contribution in [0.15, 0.2) is 53.7 Å². The summed E-state index contributed by atoms with van der Waals surface area (Å²) in [4.78, 5) is 22.2. The van der Waals surface area contributed by atoms with Crippen LogP contribution in [-0.4, -0.2) is 50.1 Å². The van der Waals surface area contributed by atoms with Gasteiger partial charge in [0.25, 0.3) is 0 Å². The van der Waals surface area contributed by atoms with Crippen molar-refractivity contribution in [2.45, 2.75) is 13.0 Å². The van der Waals surface area contributed by atoms with Crippen LogP contribution in [-0.2, 0) is 17.8 Å². The molecule has 0 atom stereocenters. The zero-order valence-corrected chi connectivity index (χ0v) is 15.6. The van der Waals surface area contributed by atoms with Crippen LogP contribution in [0, 0.1) is 0 Å². The molecular formula is C20H26N6O. The molecule has 0 radical (unpaired) electrons. The zero-order chi connectivity index (χ0) is 18.9. The smallest absolute Gasteiger partial charge is 0.239 e. The number of carbonyl (C=O) groups excluding carboxylic acids is 1. The van der Waals surface area contributed by atoms with Gasteiger partial charge in [-0.15, -0.1) is 0 Å². The van der Waals surface area contributed by atoms with E-state index in [1.165, 1.54) is 0 Å². The van der Waals surface area contributed by atoms with Gasteiger partial charge >= 0.3 is 0 Å². The van der Waals surface area contributed by atoms with E-state index >= 15 is 0 Å². The van der Waals surface area contributed by atoms with Gasteiger partial charge in [-0.25, -0.2) is 0 Å². The summed E-state index contributed by atoms with van der Waals surface area (Å²) in [5.41, 5.74) is 3.29. The molecule has 2 heterocycles. The summed E-state index contributed by atoms with van der Waals surface area (Å²) in [7, 11) is 1.76. The third-order valence-corrected chi connectivity index (χ3v) is 4.42. The van der Waals surface area contributed by atoms with Crippen LogP contribution >= 0.6 is 0 Å². The topological polar surface area (TPSA) is 81.7 Å². The molecule has 1 aromatic heterocycles. The Morgan fingerprint density at radius 1 is 1.22 bits per heavy atom. The quantitative estimate of drug-likeness (QED) is 0.523. The summed E-state index contributed by atoms with van der Waals surface area (Å²) >= 11 is 0. The minimum absolute atomic E-state index is 0.0765. The lowest BCUT2D eigenvalue weighted by Crippen LogP contribution is -2.47. The SMILES string of the molecule is CN=C(NCCc1ccccn1)NCc1ccc(N2CCNC(=O)C2)cc1. The maximum atomic E-state index is 11.5. The molecule has 1 aromatic carbocycles. The van der Waals surface area contributed by atoms with Crippen LogP contribution in [0.2, 0.25) is 0 Å². The van der Waals surface area contributed by atoms with Crippen molar-refractivity contribution in [2.24, 2.45) is 4.99 Å². The van der Waals surface area contributed by atoms with Crippen molar-refractivity contribution in [1.82, 2.24) is 20.9 Å². The molecule has 0 spiro atoms. The molecule has 0 saturated carbocycles. The van der Waals surface area contributed by atoms with Crippen molar-refractivity contribution >= 4 is 17.6 Å². The molecule has 142 valence electrons.